The highest BCUT2D eigenvalue weighted by molar-refractivity contribution is 5.76. The van der Waals surface area contributed by atoms with Crippen molar-refractivity contribution in [1.82, 2.24) is 10.2 Å². The summed E-state index contributed by atoms with van der Waals surface area (Å²) >= 11 is 0. The number of hydrogen-bond acceptors (Lipinski definition) is 3. The molecule has 1 aliphatic heterocycles. The van der Waals surface area contributed by atoms with Gasteiger partial charge in [0.2, 0.25) is 5.91 Å². The van der Waals surface area contributed by atoms with Gasteiger partial charge in [0.1, 0.15) is 0 Å². The molecule has 1 rings (SSSR count). The zero-order valence-corrected chi connectivity index (χ0v) is 10.7. The lowest BCUT2D eigenvalue weighted by Crippen LogP contribution is -2.37. The second-order valence-electron chi connectivity index (χ2n) is 5.33. The van der Waals surface area contributed by atoms with Crippen LogP contribution in [0, 0.1) is 11.8 Å². The summed E-state index contributed by atoms with van der Waals surface area (Å²) in [6, 6.07) is -0.0220. The Labute approximate surface area is 98.6 Å². The average molecular weight is 227 g/mol. The van der Waals surface area contributed by atoms with Gasteiger partial charge < -0.3 is 16.0 Å². The highest BCUT2D eigenvalue weighted by atomic mass is 16.1. The number of nitrogens with zero attached hydrogens (tertiary/aromatic N) is 1. The van der Waals surface area contributed by atoms with Gasteiger partial charge in [0.05, 0.1) is 0 Å². The molecule has 3 N–H and O–H groups in total. The van der Waals surface area contributed by atoms with Crippen molar-refractivity contribution >= 4 is 5.91 Å². The lowest BCUT2D eigenvalue weighted by Gasteiger charge is -2.16. The van der Waals surface area contributed by atoms with Crippen molar-refractivity contribution in [3.05, 3.63) is 0 Å². The Hall–Kier alpha value is -0.610. The molecule has 4 heteroatoms. The zero-order chi connectivity index (χ0) is 12.1. The summed E-state index contributed by atoms with van der Waals surface area (Å²) in [4.78, 5) is 13.9. The van der Waals surface area contributed by atoms with Crippen LogP contribution in [0.3, 0.4) is 0 Å². The van der Waals surface area contributed by atoms with E-state index >= 15 is 0 Å². The number of rotatable bonds is 5. The summed E-state index contributed by atoms with van der Waals surface area (Å²) in [6.45, 7) is 7.13. The van der Waals surface area contributed by atoms with Crippen LogP contribution in [0.4, 0.5) is 0 Å². The van der Waals surface area contributed by atoms with Crippen LogP contribution in [0.25, 0.3) is 0 Å². The second-order valence-corrected chi connectivity index (χ2v) is 5.33. The zero-order valence-electron chi connectivity index (χ0n) is 10.7. The number of likely N-dealkylation sites (tertiary alicyclic amines) is 1. The van der Waals surface area contributed by atoms with Crippen LogP contribution >= 0.6 is 0 Å². The normalized spacial score (nSPS) is 23.7. The quantitative estimate of drug-likeness (QED) is 0.716. The lowest BCUT2D eigenvalue weighted by atomic mass is 10.0. The third-order valence-electron chi connectivity index (χ3n) is 3.35. The Morgan fingerprint density at radius 3 is 2.75 bits per heavy atom. The van der Waals surface area contributed by atoms with Gasteiger partial charge in [-0.3, -0.25) is 4.79 Å². The van der Waals surface area contributed by atoms with Gasteiger partial charge in [0.15, 0.2) is 0 Å². The minimum Gasteiger partial charge on any atom is -0.356 e. The van der Waals surface area contributed by atoms with Crippen LogP contribution in [-0.2, 0) is 4.79 Å². The molecular weight excluding hydrogens is 202 g/mol. The number of hydrogen-bond donors (Lipinski definition) is 2. The van der Waals surface area contributed by atoms with Gasteiger partial charge in [0, 0.05) is 25.6 Å². The van der Waals surface area contributed by atoms with Crippen LogP contribution in [0.5, 0.6) is 0 Å². The van der Waals surface area contributed by atoms with Crippen LogP contribution in [0.1, 0.15) is 26.7 Å². The van der Waals surface area contributed by atoms with E-state index in [9.17, 15) is 4.79 Å². The van der Waals surface area contributed by atoms with E-state index in [2.05, 4.69) is 17.3 Å². The molecule has 0 aromatic rings. The van der Waals surface area contributed by atoms with E-state index in [1.165, 1.54) is 6.42 Å². The maximum atomic E-state index is 11.6. The van der Waals surface area contributed by atoms with E-state index in [-0.39, 0.29) is 11.9 Å². The fourth-order valence-corrected chi connectivity index (χ4v) is 1.97. The summed E-state index contributed by atoms with van der Waals surface area (Å²) in [5, 5.41) is 2.99. The van der Waals surface area contributed by atoms with Crippen molar-refractivity contribution < 1.29 is 4.79 Å². The van der Waals surface area contributed by atoms with E-state index in [0.29, 0.717) is 18.3 Å². The summed E-state index contributed by atoms with van der Waals surface area (Å²) in [5.41, 5.74) is 5.85. The van der Waals surface area contributed by atoms with Crippen LogP contribution in [0.2, 0.25) is 0 Å². The number of amides is 1. The first-order chi connectivity index (χ1) is 7.49. The number of nitrogens with two attached hydrogens (primary N) is 1. The smallest absolute Gasteiger partial charge is 0.221 e. The van der Waals surface area contributed by atoms with Crippen molar-refractivity contribution in [2.45, 2.75) is 32.7 Å². The maximum Gasteiger partial charge on any atom is 0.221 e. The molecule has 0 saturated carbocycles. The molecule has 0 radical (unpaired) electrons. The fourth-order valence-electron chi connectivity index (χ4n) is 1.97. The second kappa shape index (κ2) is 6.21. The highest BCUT2D eigenvalue weighted by Gasteiger charge is 2.20. The molecule has 0 spiro atoms. The van der Waals surface area contributed by atoms with E-state index in [1.807, 2.05) is 13.8 Å². The summed E-state index contributed by atoms with van der Waals surface area (Å²) in [7, 11) is 2.12. The van der Waals surface area contributed by atoms with Gasteiger partial charge in [-0.25, -0.2) is 0 Å². The van der Waals surface area contributed by atoms with Gasteiger partial charge >= 0.3 is 0 Å². The topological polar surface area (TPSA) is 58.4 Å². The molecule has 2 atom stereocenters. The maximum absolute atomic E-state index is 11.6. The van der Waals surface area contributed by atoms with Gasteiger partial charge in [0.25, 0.3) is 0 Å². The van der Waals surface area contributed by atoms with E-state index in [4.69, 9.17) is 5.73 Å². The third kappa shape index (κ3) is 4.49. The largest absolute Gasteiger partial charge is 0.356 e. The molecule has 0 aromatic heterocycles. The molecule has 1 aliphatic rings. The van der Waals surface area contributed by atoms with Gasteiger partial charge in [-0.2, -0.15) is 0 Å². The molecule has 16 heavy (non-hydrogen) atoms. The predicted molar refractivity (Wildman–Crippen MR) is 66.0 cm³/mol. The molecule has 1 fully saturated rings. The average Bonchev–Trinajstić information content (AvgIpc) is 2.61. The number of carbonyl (C=O) groups excluding carboxylic acids is 1. The Morgan fingerprint density at radius 1 is 1.56 bits per heavy atom. The molecule has 2 unspecified atom stereocenters. The molecule has 94 valence electrons. The molecule has 1 saturated heterocycles. The van der Waals surface area contributed by atoms with Crippen molar-refractivity contribution in [3.8, 4) is 0 Å². The Bertz CT molecular complexity index is 230. The highest BCUT2D eigenvalue weighted by Crippen LogP contribution is 2.13. The Balaban J connectivity index is 2.15. The fraction of sp³-hybridized carbons (Fsp3) is 0.917. The van der Waals surface area contributed by atoms with Crippen LogP contribution in [0.15, 0.2) is 0 Å². The molecule has 4 nitrogen and oxygen atoms in total. The molecule has 0 bridgehead atoms. The SMILES string of the molecule is CC(C)C(N)CC(=O)NCC1CCN(C)C1. The molecule has 1 amide bonds. The van der Waals surface area contributed by atoms with Gasteiger partial charge in [-0.15, -0.1) is 0 Å². The third-order valence-corrected chi connectivity index (χ3v) is 3.35. The van der Waals surface area contributed by atoms with Crippen LogP contribution < -0.4 is 11.1 Å². The Kier molecular flexibility index (Phi) is 5.22. The van der Waals surface area contributed by atoms with E-state index in [0.717, 1.165) is 19.6 Å². The molecule has 1 heterocycles. The van der Waals surface area contributed by atoms with E-state index < -0.39 is 0 Å². The minimum atomic E-state index is -0.0220. The number of carbonyl (C=O) groups is 1. The lowest BCUT2D eigenvalue weighted by molar-refractivity contribution is -0.121. The first kappa shape index (κ1) is 13.5. The van der Waals surface area contributed by atoms with Crippen LogP contribution in [-0.4, -0.2) is 43.5 Å². The summed E-state index contributed by atoms with van der Waals surface area (Å²) in [5.74, 6) is 1.07. The summed E-state index contributed by atoms with van der Waals surface area (Å²) < 4.78 is 0. The standard InChI is InChI=1S/C12H25N3O/c1-9(2)11(13)6-12(16)14-7-10-4-5-15(3)8-10/h9-11H,4-8,13H2,1-3H3,(H,14,16). The van der Waals surface area contributed by atoms with E-state index in [1.54, 1.807) is 0 Å². The molecular formula is C12H25N3O. The van der Waals surface area contributed by atoms with Crippen molar-refractivity contribution in [3.63, 3.8) is 0 Å². The first-order valence-electron chi connectivity index (χ1n) is 6.20. The Morgan fingerprint density at radius 2 is 2.25 bits per heavy atom. The predicted octanol–water partition coefficient (Wildman–Crippen LogP) is 0.428. The monoisotopic (exact) mass is 227 g/mol. The van der Waals surface area contributed by atoms with Crippen molar-refractivity contribution in [2.24, 2.45) is 17.6 Å². The van der Waals surface area contributed by atoms with Gasteiger partial charge in [-0.1, -0.05) is 13.8 Å². The summed E-state index contributed by atoms with van der Waals surface area (Å²) in [6.07, 6.45) is 1.63. The first-order valence-corrected chi connectivity index (χ1v) is 6.20. The number of nitrogens with one attached hydrogen (secondary N) is 1. The molecule has 0 aliphatic carbocycles. The van der Waals surface area contributed by atoms with Crippen molar-refractivity contribution in [1.29, 1.82) is 0 Å². The van der Waals surface area contributed by atoms with Crippen molar-refractivity contribution in [2.75, 3.05) is 26.7 Å². The molecule has 0 aromatic carbocycles. The minimum absolute atomic E-state index is 0.0220. The van der Waals surface area contributed by atoms with Gasteiger partial charge in [-0.05, 0) is 31.8 Å².